The Balaban J connectivity index is 2.93. The van der Waals surface area contributed by atoms with Gasteiger partial charge in [0.25, 0.3) is 0 Å². The highest BCUT2D eigenvalue weighted by Gasteiger charge is 2.00. The van der Waals surface area contributed by atoms with E-state index in [1.807, 2.05) is 0 Å². The fraction of sp³-hybridized carbons (Fsp3) is 0.429. The van der Waals surface area contributed by atoms with Crippen molar-refractivity contribution in [1.82, 2.24) is 9.97 Å². The summed E-state index contributed by atoms with van der Waals surface area (Å²) >= 11 is 3.24. The van der Waals surface area contributed by atoms with Gasteiger partial charge in [0.05, 0.1) is 11.9 Å². The molecule has 1 heterocycles. The predicted octanol–water partition coefficient (Wildman–Crippen LogP) is 1.77. The van der Waals surface area contributed by atoms with E-state index >= 15 is 0 Å². The first-order valence-corrected chi connectivity index (χ1v) is 4.30. The lowest BCUT2D eigenvalue weighted by Gasteiger charge is -2.00. The Labute approximate surface area is 74.2 Å². The summed E-state index contributed by atoms with van der Waals surface area (Å²) in [6.45, 7) is 2.09. The van der Waals surface area contributed by atoms with Gasteiger partial charge in [0.2, 0.25) is 0 Å². The molecule has 1 aromatic heterocycles. The molecule has 1 rings (SSSR count). The van der Waals surface area contributed by atoms with E-state index in [0.717, 1.165) is 23.1 Å². The zero-order valence-electron chi connectivity index (χ0n) is 6.34. The van der Waals surface area contributed by atoms with E-state index in [1.54, 1.807) is 6.20 Å². The molecule has 11 heavy (non-hydrogen) atoms. The van der Waals surface area contributed by atoms with Gasteiger partial charge in [-0.15, -0.1) is 0 Å². The van der Waals surface area contributed by atoms with Crippen molar-refractivity contribution in [3.05, 3.63) is 16.5 Å². The molecule has 0 aliphatic rings. The molecule has 0 aliphatic carbocycles. The summed E-state index contributed by atoms with van der Waals surface area (Å²) in [5.74, 6) is 0.537. The number of aryl methyl sites for hydroxylation is 1. The average molecular weight is 216 g/mol. The molecule has 60 valence electrons. The van der Waals surface area contributed by atoms with Crippen LogP contribution in [0, 0.1) is 0 Å². The van der Waals surface area contributed by atoms with E-state index in [1.165, 1.54) is 0 Å². The Bertz CT molecular complexity index is 249. The topological polar surface area (TPSA) is 51.8 Å². The number of halogens is 1. The summed E-state index contributed by atoms with van der Waals surface area (Å²) in [5.41, 5.74) is 6.46. The Morgan fingerprint density at radius 2 is 2.36 bits per heavy atom. The number of aromatic nitrogens is 2. The van der Waals surface area contributed by atoms with Gasteiger partial charge in [0, 0.05) is 0 Å². The predicted molar refractivity (Wildman–Crippen MR) is 48.1 cm³/mol. The second-order valence-electron chi connectivity index (χ2n) is 2.27. The van der Waals surface area contributed by atoms with Crippen molar-refractivity contribution in [3.8, 4) is 0 Å². The van der Waals surface area contributed by atoms with Crippen molar-refractivity contribution in [1.29, 1.82) is 0 Å². The number of nitrogens with zero attached hydrogens (tertiary/aromatic N) is 2. The van der Waals surface area contributed by atoms with Crippen LogP contribution in [0.2, 0.25) is 0 Å². The molecule has 0 unspecified atom stereocenters. The maximum Gasteiger partial charge on any atom is 0.145 e. The Morgan fingerprint density at radius 1 is 1.64 bits per heavy atom. The van der Waals surface area contributed by atoms with Crippen LogP contribution < -0.4 is 5.73 Å². The molecule has 0 atom stereocenters. The molecule has 0 amide bonds. The summed E-state index contributed by atoms with van der Waals surface area (Å²) in [5, 5.41) is 0. The second kappa shape index (κ2) is 3.67. The van der Waals surface area contributed by atoms with Gasteiger partial charge in [-0.1, -0.05) is 13.3 Å². The molecule has 0 saturated heterocycles. The van der Waals surface area contributed by atoms with Gasteiger partial charge in [0.1, 0.15) is 10.4 Å². The molecule has 0 spiro atoms. The highest BCUT2D eigenvalue weighted by molar-refractivity contribution is 9.10. The van der Waals surface area contributed by atoms with Gasteiger partial charge in [-0.25, -0.2) is 9.97 Å². The van der Waals surface area contributed by atoms with Crippen LogP contribution in [0.1, 0.15) is 19.0 Å². The monoisotopic (exact) mass is 215 g/mol. The maximum absolute atomic E-state index is 5.58. The zero-order chi connectivity index (χ0) is 8.27. The van der Waals surface area contributed by atoms with E-state index < -0.39 is 0 Å². The molecule has 0 aromatic carbocycles. The molecule has 1 aromatic rings. The van der Waals surface area contributed by atoms with Crippen LogP contribution in [0.3, 0.4) is 0 Å². The van der Waals surface area contributed by atoms with Crippen molar-refractivity contribution >= 4 is 21.7 Å². The van der Waals surface area contributed by atoms with Crippen molar-refractivity contribution in [2.45, 2.75) is 19.8 Å². The van der Waals surface area contributed by atoms with Crippen LogP contribution in [0.4, 0.5) is 5.82 Å². The molecule has 0 fully saturated rings. The summed E-state index contributed by atoms with van der Waals surface area (Å²) in [4.78, 5) is 8.16. The molecule has 0 bridgehead atoms. The molecule has 4 heteroatoms. The highest BCUT2D eigenvalue weighted by Crippen LogP contribution is 2.11. The summed E-state index contributed by atoms with van der Waals surface area (Å²) in [6.07, 6.45) is 3.53. The van der Waals surface area contributed by atoms with Crippen molar-refractivity contribution in [2.24, 2.45) is 0 Å². The Morgan fingerprint density at radius 3 is 3.00 bits per heavy atom. The maximum atomic E-state index is 5.58. The van der Waals surface area contributed by atoms with Gasteiger partial charge < -0.3 is 5.73 Å². The van der Waals surface area contributed by atoms with Crippen LogP contribution in [0.25, 0.3) is 0 Å². The van der Waals surface area contributed by atoms with Crippen molar-refractivity contribution in [3.63, 3.8) is 0 Å². The van der Waals surface area contributed by atoms with Gasteiger partial charge in [0.15, 0.2) is 0 Å². The Kier molecular flexibility index (Phi) is 2.82. The van der Waals surface area contributed by atoms with Gasteiger partial charge in [-0.2, -0.15) is 0 Å². The standard InChI is InChI=1S/C7H10BrN3/c1-2-3-5-7(9)10-4-6(8)11-5/h4H,2-3H2,1H3,(H2,9,10). The molecule has 2 N–H and O–H groups in total. The van der Waals surface area contributed by atoms with Crippen molar-refractivity contribution in [2.75, 3.05) is 5.73 Å². The number of nitrogens with two attached hydrogens (primary N) is 1. The number of hydrogen-bond acceptors (Lipinski definition) is 3. The molecular weight excluding hydrogens is 206 g/mol. The quantitative estimate of drug-likeness (QED) is 0.819. The number of nitrogen functional groups attached to an aromatic ring is 1. The zero-order valence-corrected chi connectivity index (χ0v) is 7.93. The van der Waals surface area contributed by atoms with E-state index in [4.69, 9.17) is 5.73 Å². The minimum Gasteiger partial charge on any atom is -0.382 e. The second-order valence-corrected chi connectivity index (χ2v) is 3.09. The smallest absolute Gasteiger partial charge is 0.145 e. The summed E-state index contributed by atoms with van der Waals surface area (Å²) < 4.78 is 0.746. The first-order valence-electron chi connectivity index (χ1n) is 3.51. The number of rotatable bonds is 2. The molecule has 0 aliphatic heterocycles. The van der Waals surface area contributed by atoms with E-state index in [2.05, 4.69) is 32.8 Å². The third kappa shape index (κ3) is 2.15. The third-order valence-corrected chi connectivity index (χ3v) is 1.72. The fourth-order valence-electron chi connectivity index (χ4n) is 0.833. The van der Waals surface area contributed by atoms with Gasteiger partial charge >= 0.3 is 0 Å². The van der Waals surface area contributed by atoms with Crippen LogP contribution in [0.15, 0.2) is 10.8 Å². The third-order valence-electron chi connectivity index (χ3n) is 1.33. The van der Waals surface area contributed by atoms with E-state index in [9.17, 15) is 0 Å². The summed E-state index contributed by atoms with van der Waals surface area (Å²) in [6, 6.07) is 0. The van der Waals surface area contributed by atoms with Crippen LogP contribution in [-0.4, -0.2) is 9.97 Å². The van der Waals surface area contributed by atoms with Gasteiger partial charge in [-0.05, 0) is 22.4 Å². The lowest BCUT2D eigenvalue weighted by Crippen LogP contribution is -2.00. The molecule has 3 nitrogen and oxygen atoms in total. The van der Waals surface area contributed by atoms with Crippen molar-refractivity contribution < 1.29 is 0 Å². The lowest BCUT2D eigenvalue weighted by atomic mass is 10.2. The van der Waals surface area contributed by atoms with Crippen LogP contribution in [0.5, 0.6) is 0 Å². The van der Waals surface area contributed by atoms with E-state index in [0.29, 0.717) is 5.82 Å². The van der Waals surface area contributed by atoms with Crippen LogP contribution >= 0.6 is 15.9 Å². The number of hydrogen-bond donors (Lipinski definition) is 1. The van der Waals surface area contributed by atoms with E-state index in [-0.39, 0.29) is 0 Å². The molecule has 0 radical (unpaired) electrons. The fourth-order valence-corrected chi connectivity index (χ4v) is 1.15. The lowest BCUT2D eigenvalue weighted by molar-refractivity contribution is 0.870. The minimum atomic E-state index is 0.537. The first kappa shape index (κ1) is 8.46. The number of anilines is 1. The largest absolute Gasteiger partial charge is 0.382 e. The minimum absolute atomic E-state index is 0.537. The normalized spacial score (nSPS) is 10.0. The highest BCUT2D eigenvalue weighted by atomic mass is 79.9. The van der Waals surface area contributed by atoms with Gasteiger partial charge in [-0.3, -0.25) is 0 Å². The molecule has 0 saturated carbocycles. The Hall–Kier alpha value is -0.640. The SMILES string of the molecule is CCCc1nc(Br)cnc1N. The molecular formula is C7H10BrN3. The average Bonchev–Trinajstić information content (AvgIpc) is 1.98. The first-order chi connectivity index (χ1) is 5.24. The summed E-state index contributed by atoms with van der Waals surface area (Å²) in [7, 11) is 0. The van der Waals surface area contributed by atoms with Crippen LogP contribution in [-0.2, 0) is 6.42 Å².